The quantitative estimate of drug-likeness (QED) is 0.357. The molecule has 3 aromatic rings. The van der Waals surface area contributed by atoms with Crippen molar-refractivity contribution >= 4 is 29.3 Å². The van der Waals surface area contributed by atoms with Crippen molar-refractivity contribution in [1.29, 1.82) is 0 Å². The summed E-state index contributed by atoms with van der Waals surface area (Å²) in [6.45, 7) is 8.66. The standard InChI is InChI=1S/C27H31F2N7O4/c1-6-39-25(37)22-23(30)34-36-10-9-21(33-24(22)36)35-14-17(29)12-20(35)18-11-16(28)13-31-19(18)8-7-15(2)32-26(38)40-27(3,4)5/h9-11,13,15,17,20H,6,12,14H2,1-5H3,(H2,30,34)(H,32,38)/t15?,17-,20+/m0/s1. The number of anilines is 2. The molecule has 3 N–H and O–H groups in total. The molecule has 1 fully saturated rings. The fourth-order valence-corrected chi connectivity index (χ4v) is 4.34. The monoisotopic (exact) mass is 555 g/mol. The number of alkyl carbamates (subject to hydrolysis) is 1. The minimum absolute atomic E-state index is 0.00157. The Hall–Kier alpha value is -4.47. The summed E-state index contributed by atoms with van der Waals surface area (Å²) in [6, 6.07) is 1.58. The first kappa shape index (κ1) is 28.5. The van der Waals surface area contributed by atoms with Crippen molar-refractivity contribution in [3.05, 3.63) is 47.2 Å². The van der Waals surface area contributed by atoms with Gasteiger partial charge < -0.3 is 25.4 Å². The minimum Gasteiger partial charge on any atom is -0.462 e. The smallest absolute Gasteiger partial charge is 0.408 e. The molecule has 1 aliphatic rings. The van der Waals surface area contributed by atoms with Gasteiger partial charge in [-0.15, -0.1) is 5.10 Å². The van der Waals surface area contributed by atoms with Crippen LogP contribution in [0.2, 0.25) is 0 Å². The van der Waals surface area contributed by atoms with Gasteiger partial charge in [0.25, 0.3) is 0 Å². The van der Waals surface area contributed by atoms with Gasteiger partial charge >= 0.3 is 12.1 Å². The van der Waals surface area contributed by atoms with Crippen LogP contribution in [0.5, 0.6) is 0 Å². The molecule has 0 aliphatic carbocycles. The van der Waals surface area contributed by atoms with Crippen LogP contribution in [0.1, 0.15) is 68.7 Å². The molecule has 0 saturated carbocycles. The number of amides is 1. The second-order valence-electron chi connectivity index (χ2n) is 10.3. The molecule has 3 aromatic heterocycles. The number of pyridine rings is 1. The van der Waals surface area contributed by atoms with Crippen LogP contribution < -0.4 is 16.0 Å². The van der Waals surface area contributed by atoms with Gasteiger partial charge in [-0.3, -0.25) is 0 Å². The molecule has 4 heterocycles. The Bertz CT molecular complexity index is 1490. The van der Waals surface area contributed by atoms with E-state index in [9.17, 15) is 18.4 Å². The van der Waals surface area contributed by atoms with E-state index >= 15 is 0 Å². The lowest BCUT2D eigenvalue weighted by atomic mass is 10.0. The molecule has 11 nitrogen and oxygen atoms in total. The lowest BCUT2D eigenvalue weighted by Gasteiger charge is -2.26. The number of carbonyl (C=O) groups is 2. The molecule has 13 heteroatoms. The zero-order valence-corrected chi connectivity index (χ0v) is 22.9. The number of hydrogen-bond donors (Lipinski definition) is 2. The third kappa shape index (κ3) is 6.39. The number of rotatable bonds is 5. The third-order valence-electron chi connectivity index (χ3n) is 5.90. The lowest BCUT2D eigenvalue weighted by Crippen LogP contribution is -2.37. The Morgan fingerprint density at radius 1 is 1.35 bits per heavy atom. The number of esters is 1. The predicted octanol–water partition coefficient (Wildman–Crippen LogP) is 3.58. The molecule has 1 aliphatic heterocycles. The van der Waals surface area contributed by atoms with Gasteiger partial charge in [-0.2, -0.15) is 0 Å². The lowest BCUT2D eigenvalue weighted by molar-refractivity contribution is 0.0512. The first-order valence-electron chi connectivity index (χ1n) is 12.8. The maximum atomic E-state index is 14.9. The number of ether oxygens (including phenoxy) is 2. The van der Waals surface area contributed by atoms with Crippen LogP contribution in [0.25, 0.3) is 5.65 Å². The van der Waals surface area contributed by atoms with Crippen LogP contribution in [0.4, 0.5) is 25.2 Å². The number of nitrogens with one attached hydrogen (secondary N) is 1. The highest BCUT2D eigenvalue weighted by molar-refractivity contribution is 6.00. The molecule has 40 heavy (non-hydrogen) atoms. The van der Waals surface area contributed by atoms with E-state index in [0.717, 1.165) is 6.20 Å². The summed E-state index contributed by atoms with van der Waals surface area (Å²) in [5.41, 5.74) is 6.00. The Balaban J connectivity index is 1.67. The first-order chi connectivity index (χ1) is 18.9. The second kappa shape index (κ2) is 11.3. The summed E-state index contributed by atoms with van der Waals surface area (Å²) in [5.74, 6) is 4.74. The van der Waals surface area contributed by atoms with E-state index in [-0.39, 0.29) is 42.3 Å². The molecule has 212 valence electrons. The zero-order valence-electron chi connectivity index (χ0n) is 22.9. The van der Waals surface area contributed by atoms with E-state index in [1.165, 1.54) is 10.6 Å². The first-order valence-corrected chi connectivity index (χ1v) is 12.8. The molecule has 3 atom stereocenters. The average Bonchev–Trinajstić information content (AvgIpc) is 3.40. The number of halogens is 2. The van der Waals surface area contributed by atoms with Gasteiger partial charge in [0.2, 0.25) is 0 Å². The van der Waals surface area contributed by atoms with Gasteiger partial charge in [0.1, 0.15) is 34.7 Å². The molecule has 0 spiro atoms. The van der Waals surface area contributed by atoms with Crippen LogP contribution in [-0.4, -0.2) is 62.6 Å². The summed E-state index contributed by atoms with van der Waals surface area (Å²) in [4.78, 5) is 34.9. The molecule has 1 amide bonds. The topological polar surface area (TPSA) is 137 Å². The number of fused-ring (bicyclic) bond motifs is 1. The van der Waals surface area contributed by atoms with E-state index in [1.807, 2.05) is 0 Å². The Morgan fingerprint density at radius 3 is 2.80 bits per heavy atom. The highest BCUT2D eigenvalue weighted by Gasteiger charge is 2.36. The molecule has 0 bridgehead atoms. The summed E-state index contributed by atoms with van der Waals surface area (Å²) in [5, 5.41) is 6.72. The van der Waals surface area contributed by atoms with Gasteiger partial charge in [-0.1, -0.05) is 5.92 Å². The summed E-state index contributed by atoms with van der Waals surface area (Å²) >= 11 is 0. The van der Waals surface area contributed by atoms with Crippen LogP contribution in [-0.2, 0) is 9.47 Å². The fourth-order valence-electron chi connectivity index (χ4n) is 4.34. The summed E-state index contributed by atoms with van der Waals surface area (Å²) < 4.78 is 40.9. The largest absolute Gasteiger partial charge is 0.462 e. The SMILES string of the molecule is CCOC(=O)c1c(N)nn2ccc(N3C[C@@H](F)C[C@@H]3c3cc(F)cnc3C#CC(C)NC(=O)OC(C)(C)C)nc12. The van der Waals surface area contributed by atoms with Gasteiger partial charge in [0.05, 0.1) is 31.4 Å². The Labute approximate surface area is 230 Å². The van der Waals surface area contributed by atoms with Crippen molar-refractivity contribution in [3.63, 3.8) is 0 Å². The highest BCUT2D eigenvalue weighted by atomic mass is 19.1. The molecular weight excluding hydrogens is 524 g/mol. The van der Waals surface area contributed by atoms with E-state index in [0.29, 0.717) is 11.4 Å². The third-order valence-corrected chi connectivity index (χ3v) is 5.90. The molecule has 0 radical (unpaired) electrons. The van der Waals surface area contributed by atoms with Crippen molar-refractivity contribution < 1.29 is 27.8 Å². The summed E-state index contributed by atoms with van der Waals surface area (Å²) in [6.07, 6.45) is 0.724. The molecule has 4 rings (SSSR count). The minimum atomic E-state index is -1.25. The molecule has 1 unspecified atom stereocenters. The van der Waals surface area contributed by atoms with Crippen molar-refractivity contribution in [2.75, 3.05) is 23.8 Å². The van der Waals surface area contributed by atoms with Crippen molar-refractivity contribution in [1.82, 2.24) is 24.9 Å². The maximum absolute atomic E-state index is 14.9. The van der Waals surface area contributed by atoms with E-state index in [1.54, 1.807) is 51.8 Å². The average molecular weight is 556 g/mol. The van der Waals surface area contributed by atoms with Crippen molar-refractivity contribution in [3.8, 4) is 11.8 Å². The van der Waals surface area contributed by atoms with Crippen LogP contribution in [0.3, 0.4) is 0 Å². The van der Waals surface area contributed by atoms with Gasteiger partial charge in [0, 0.05) is 18.2 Å². The van der Waals surface area contributed by atoms with Crippen LogP contribution in [0.15, 0.2) is 24.5 Å². The summed E-state index contributed by atoms with van der Waals surface area (Å²) in [7, 11) is 0. The number of nitrogens with two attached hydrogens (primary N) is 1. The zero-order chi connectivity index (χ0) is 29.2. The number of alkyl halides is 1. The number of nitrogen functional groups attached to an aromatic ring is 1. The van der Waals surface area contributed by atoms with Crippen molar-refractivity contribution in [2.45, 2.75) is 64.9 Å². The van der Waals surface area contributed by atoms with E-state index in [2.05, 4.69) is 32.2 Å². The molecule has 1 saturated heterocycles. The number of hydrogen-bond acceptors (Lipinski definition) is 9. The normalized spacial score (nSPS) is 17.7. The highest BCUT2D eigenvalue weighted by Crippen LogP contribution is 2.38. The van der Waals surface area contributed by atoms with Crippen LogP contribution in [0, 0.1) is 17.7 Å². The van der Waals surface area contributed by atoms with E-state index in [4.69, 9.17) is 15.2 Å². The van der Waals surface area contributed by atoms with Gasteiger partial charge in [-0.05, 0) is 52.7 Å². The predicted molar refractivity (Wildman–Crippen MR) is 143 cm³/mol. The molecule has 0 aromatic carbocycles. The second-order valence-corrected chi connectivity index (χ2v) is 10.3. The number of aromatic nitrogens is 4. The van der Waals surface area contributed by atoms with Crippen molar-refractivity contribution in [2.24, 2.45) is 0 Å². The van der Waals surface area contributed by atoms with Gasteiger partial charge in [-0.25, -0.2) is 32.9 Å². The maximum Gasteiger partial charge on any atom is 0.408 e. The Morgan fingerprint density at radius 2 is 2.10 bits per heavy atom. The van der Waals surface area contributed by atoms with E-state index < -0.39 is 41.7 Å². The van der Waals surface area contributed by atoms with Crippen LogP contribution >= 0.6 is 0 Å². The Kier molecular flexibility index (Phi) is 8.08. The van der Waals surface area contributed by atoms with Gasteiger partial charge in [0.15, 0.2) is 11.5 Å². The number of nitrogens with zero attached hydrogens (tertiary/aromatic N) is 5. The number of carbonyl (C=O) groups excluding carboxylic acids is 2. The fraction of sp³-hybridized carbons (Fsp3) is 0.444. The molecular formula is C27H31F2N7O4.